The van der Waals surface area contributed by atoms with E-state index in [1.165, 1.54) is 26.0 Å². The van der Waals surface area contributed by atoms with E-state index in [0.717, 1.165) is 0 Å². The Morgan fingerprint density at radius 1 is 0.920 bits per heavy atom. The molecule has 25 heavy (non-hydrogen) atoms. The van der Waals surface area contributed by atoms with E-state index in [1.54, 1.807) is 0 Å². The van der Waals surface area contributed by atoms with Crippen molar-refractivity contribution in [2.45, 2.75) is 45.5 Å². The number of aliphatic hydroxyl groups is 3. The summed E-state index contributed by atoms with van der Waals surface area (Å²) in [6.07, 6.45) is -2.08. The number of ketones is 2. The molecule has 1 aliphatic rings. The molecule has 2 heterocycles. The normalized spacial score (nSPS) is 16.8. The molecule has 7 nitrogen and oxygen atoms in total. The van der Waals surface area contributed by atoms with Crippen LogP contribution < -0.4 is 0 Å². The minimum atomic E-state index is -1.43. The number of carbonyl (C=O) groups is 2. The molecule has 7 heteroatoms. The van der Waals surface area contributed by atoms with Crippen molar-refractivity contribution in [2.75, 3.05) is 0 Å². The van der Waals surface area contributed by atoms with Crippen LogP contribution in [0.4, 0.5) is 0 Å². The lowest BCUT2D eigenvalue weighted by atomic mass is 9.93. The van der Waals surface area contributed by atoms with Crippen LogP contribution in [0.1, 0.15) is 83.4 Å². The van der Waals surface area contributed by atoms with Gasteiger partial charge in [-0.1, -0.05) is 13.8 Å². The lowest BCUT2D eigenvalue weighted by Gasteiger charge is -2.23. The highest BCUT2D eigenvalue weighted by atomic mass is 16.3. The van der Waals surface area contributed by atoms with Crippen molar-refractivity contribution in [1.29, 1.82) is 0 Å². The molecule has 2 aromatic rings. The van der Waals surface area contributed by atoms with Crippen LogP contribution in [0.25, 0.3) is 0 Å². The predicted octanol–water partition coefficient (Wildman–Crippen LogP) is 1.61. The van der Waals surface area contributed by atoms with Crippen LogP contribution in [0, 0.1) is 5.92 Å². The molecule has 5 N–H and O–H groups in total. The third kappa shape index (κ3) is 2.74. The molecule has 0 aliphatic heterocycles. The number of aromatic amines is 2. The summed E-state index contributed by atoms with van der Waals surface area (Å²) < 4.78 is 0. The van der Waals surface area contributed by atoms with Crippen molar-refractivity contribution >= 4 is 11.6 Å². The number of carbonyl (C=O) groups excluding carboxylic acids is 2. The fourth-order valence-electron chi connectivity index (χ4n) is 2.98. The van der Waals surface area contributed by atoms with Gasteiger partial charge in [0.05, 0.1) is 34.2 Å². The molecule has 0 amide bonds. The fourth-order valence-corrected chi connectivity index (χ4v) is 2.98. The number of aliphatic hydroxyl groups excluding tert-OH is 2. The summed E-state index contributed by atoms with van der Waals surface area (Å²) in [6.45, 7) is 6.54. The average Bonchev–Trinajstić information content (AvgIpc) is 3.15. The molecule has 2 aromatic heterocycles. The molecule has 0 saturated heterocycles. The van der Waals surface area contributed by atoms with Crippen LogP contribution in [-0.2, 0) is 0 Å². The molecule has 0 saturated carbocycles. The Hall–Kier alpha value is -2.22. The topological polar surface area (TPSA) is 126 Å². The minimum absolute atomic E-state index is 0.0725. The van der Waals surface area contributed by atoms with Gasteiger partial charge in [0, 0.05) is 11.4 Å². The molecule has 2 unspecified atom stereocenters. The highest BCUT2D eigenvalue weighted by molar-refractivity contribution is 6.27. The summed E-state index contributed by atoms with van der Waals surface area (Å²) in [5, 5.41) is 30.3. The SMILES string of the molecule is CC(C)C(O)c1cc2c([nH]1)C(=O)c1cc(C(O)C(C)(C)O)[nH]c1C2=O. The molecule has 0 spiro atoms. The predicted molar refractivity (Wildman–Crippen MR) is 89.5 cm³/mol. The van der Waals surface area contributed by atoms with Gasteiger partial charge in [-0.15, -0.1) is 0 Å². The summed E-state index contributed by atoms with van der Waals surface area (Å²) in [6, 6.07) is 2.89. The van der Waals surface area contributed by atoms with Gasteiger partial charge in [-0.05, 0) is 31.9 Å². The first-order valence-corrected chi connectivity index (χ1v) is 8.16. The minimum Gasteiger partial charge on any atom is -0.387 e. The Kier molecular flexibility index (Phi) is 3.98. The number of H-pyrrole nitrogens is 2. The quantitative estimate of drug-likeness (QED) is 0.490. The van der Waals surface area contributed by atoms with Crippen LogP contribution >= 0.6 is 0 Å². The maximum absolute atomic E-state index is 12.7. The summed E-state index contributed by atoms with van der Waals surface area (Å²) >= 11 is 0. The van der Waals surface area contributed by atoms with Gasteiger partial charge in [-0.2, -0.15) is 0 Å². The average molecular weight is 346 g/mol. The molecule has 3 rings (SSSR count). The molecule has 0 fully saturated rings. The van der Waals surface area contributed by atoms with Crippen LogP contribution in [0.5, 0.6) is 0 Å². The van der Waals surface area contributed by atoms with Crippen LogP contribution in [0.15, 0.2) is 12.1 Å². The maximum Gasteiger partial charge on any atom is 0.212 e. The van der Waals surface area contributed by atoms with Gasteiger partial charge in [-0.3, -0.25) is 9.59 Å². The van der Waals surface area contributed by atoms with Gasteiger partial charge in [0.15, 0.2) is 0 Å². The molecular weight excluding hydrogens is 324 g/mol. The van der Waals surface area contributed by atoms with Gasteiger partial charge < -0.3 is 25.3 Å². The van der Waals surface area contributed by atoms with E-state index in [2.05, 4.69) is 9.97 Å². The molecule has 2 atom stereocenters. The molecule has 0 aromatic carbocycles. The Bertz CT molecular complexity index is 802. The molecule has 0 radical (unpaired) electrons. The van der Waals surface area contributed by atoms with Crippen molar-refractivity contribution in [3.63, 3.8) is 0 Å². The van der Waals surface area contributed by atoms with Crippen LogP contribution in [-0.4, -0.2) is 42.5 Å². The van der Waals surface area contributed by atoms with E-state index in [1.807, 2.05) is 13.8 Å². The lowest BCUT2D eigenvalue weighted by molar-refractivity contribution is -0.0515. The van der Waals surface area contributed by atoms with E-state index >= 15 is 0 Å². The van der Waals surface area contributed by atoms with Crippen molar-refractivity contribution < 1.29 is 24.9 Å². The first-order valence-electron chi connectivity index (χ1n) is 8.16. The number of aromatic nitrogens is 2. The van der Waals surface area contributed by atoms with E-state index in [4.69, 9.17) is 0 Å². The zero-order chi connectivity index (χ0) is 18.7. The summed E-state index contributed by atoms with van der Waals surface area (Å²) in [7, 11) is 0. The zero-order valence-electron chi connectivity index (χ0n) is 14.5. The fraction of sp³-hybridized carbons (Fsp3) is 0.444. The zero-order valence-corrected chi connectivity index (χ0v) is 14.5. The number of rotatable bonds is 4. The third-order valence-corrected chi connectivity index (χ3v) is 4.53. The number of nitrogens with one attached hydrogen (secondary N) is 2. The van der Waals surface area contributed by atoms with Crippen molar-refractivity contribution in [2.24, 2.45) is 5.92 Å². The second kappa shape index (κ2) is 5.66. The Morgan fingerprint density at radius 2 is 1.36 bits per heavy atom. The summed E-state index contributed by atoms with van der Waals surface area (Å²) in [5.74, 6) is -0.855. The molecule has 134 valence electrons. The van der Waals surface area contributed by atoms with Gasteiger partial charge >= 0.3 is 0 Å². The maximum atomic E-state index is 12.7. The number of hydrogen-bond donors (Lipinski definition) is 5. The lowest BCUT2D eigenvalue weighted by Crippen LogP contribution is -2.28. The smallest absolute Gasteiger partial charge is 0.212 e. The largest absolute Gasteiger partial charge is 0.387 e. The monoisotopic (exact) mass is 346 g/mol. The standard InChI is InChI=1S/C18H22N2O5/c1-7(2)14(21)10-5-8-12(19-10)16(23)9-6-11(17(24)18(3,4)25)20-13(9)15(8)22/h5-7,14,17,19-21,24-25H,1-4H3. The molecular formula is C18H22N2O5. The first kappa shape index (κ1) is 17.6. The van der Waals surface area contributed by atoms with Crippen LogP contribution in [0.3, 0.4) is 0 Å². The number of fused-ring (bicyclic) bond motifs is 2. The van der Waals surface area contributed by atoms with E-state index in [9.17, 15) is 24.9 Å². The van der Waals surface area contributed by atoms with Gasteiger partial charge in [0.1, 0.15) is 6.10 Å². The first-order chi connectivity index (χ1) is 11.5. The van der Waals surface area contributed by atoms with E-state index < -0.39 is 29.4 Å². The van der Waals surface area contributed by atoms with Crippen LogP contribution in [0.2, 0.25) is 0 Å². The van der Waals surface area contributed by atoms with Crippen molar-refractivity contribution in [3.8, 4) is 0 Å². The summed E-state index contributed by atoms with van der Waals surface area (Å²) in [5.41, 5.74) is -0.254. The Balaban J connectivity index is 2.05. The van der Waals surface area contributed by atoms with Gasteiger partial charge in [0.2, 0.25) is 11.6 Å². The highest BCUT2D eigenvalue weighted by Crippen LogP contribution is 2.33. The highest BCUT2D eigenvalue weighted by Gasteiger charge is 2.37. The summed E-state index contributed by atoms with van der Waals surface area (Å²) in [4.78, 5) is 31.1. The van der Waals surface area contributed by atoms with E-state index in [-0.39, 0.29) is 34.1 Å². The van der Waals surface area contributed by atoms with Gasteiger partial charge in [-0.25, -0.2) is 0 Å². The Labute approximate surface area is 144 Å². The van der Waals surface area contributed by atoms with Crippen molar-refractivity contribution in [1.82, 2.24) is 9.97 Å². The van der Waals surface area contributed by atoms with E-state index in [0.29, 0.717) is 5.69 Å². The molecule has 0 bridgehead atoms. The second-order valence-corrected chi connectivity index (χ2v) is 7.43. The second-order valence-electron chi connectivity index (χ2n) is 7.43. The number of hydrogen-bond acceptors (Lipinski definition) is 5. The Morgan fingerprint density at radius 3 is 1.80 bits per heavy atom. The van der Waals surface area contributed by atoms with Gasteiger partial charge in [0.25, 0.3) is 0 Å². The van der Waals surface area contributed by atoms with Crippen molar-refractivity contribution in [3.05, 3.63) is 46.0 Å². The molecule has 1 aliphatic carbocycles. The third-order valence-electron chi connectivity index (χ3n) is 4.53.